The van der Waals surface area contributed by atoms with Crippen LogP contribution < -0.4 is 0 Å². The molecule has 4 rings (SSSR count). The van der Waals surface area contributed by atoms with Gasteiger partial charge in [0.15, 0.2) is 31.3 Å². The highest BCUT2D eigenvalue weighted by Crippen LogP contribution is 2.39. The number of aliphatic hydroxyl groups excluding tert-OH is 2. The van der Waals surface area contributed by atoms with Crippen LogP contribution in [-0.2, 0) is 90.1 Å². The van der Waals surface area contributed by atoms with Crippen LogP contribution in [0.3, 0.4) is 0 Å². The van der Waals surface area contributed by atoms with Gasteiger partial charge in [0, 0.05) is 78.9 Å². The molecule has 0 bridgehead atoms. The van der Waals surface area contributed by atoms with E-state index in [2.05, 4.69) is 69.2 Å². The monoisotopic (exact) mass is 1270 g/mol. The highest BCUT2D eigenvalue weighted by Gasteiger charge is 2.57. The molecule has 0 aromatic carbocycles. The number of rotatable bonds is 51. The maximum atomic E-state index is 13.4. The molecule has 4 saturated heterocycles. The zero-order valence-electron chi connectivity index (χ0n) is 56.7. The largest absolute Gasteiger partial charge is 0.454 e. The fourth-order valence-electron chi connectivity index (χ4n) is 11.0. The first-order valence-corrected chi connectivity index (χ1v) is 35.0. The van der Waals surface area contributed by atoms with Gasteiger partial charge < -0.3 is 95.5 Å². The average Bonchev–Trinajstić information content (AvgIpc) is 0.912. The van der Waals surface area contributed by atoms with Crippen LogP contribution in [0.15, 0.2) is 0 Å². The molecule has 0 aliphatic carbocycles. The van der Waals surface area contributed by atoms with Crippen molar-refractivity contribution in [3.8, 4) is 0 Å². The Kier molecular flexibility index (Phi) is 42.8. The van der Waals surface area contributed by atoms with Crippen LogP contribution in [0, 0.1) is 5.92 Å². The Morgan fingerprint density at radius 2 is 0.659 bits per heavy atom. The van der Waals surface area contributed by atoms with Crippen LogP contribution in [0.4, 0.5) is 0 Å². The van der Waals surface area contributed by atoms with Gasteiger partial charge in [0.25, 0.3) is 0 Å². The van der Waals surface area contributed by atoms with Crippen molar-refractivity contribution < 1.29 is 100 Å². The minimum atomic E-state index is -1.54. The molecular weight excluding hydrogens is 1140 g/mol. The summed E-state index contributed by atoms with van der Waals surface area (Å²) in [4.78, 5) is 13.4. The summed E-state index contributed by atoms with van der Waals surface area (Å²) < 4.78 is 121. The van der Waals surface area contributed by atoms with E-state index in [0.29, 0.717) is 65.9 Å². The highest BCUT2D eigenvalue weighted by atomic mass is 16.8. The van der Waals surface area contributed by atoms with E-state index in [1.54, 1.807) is 0 Å². The Hall–Kier alpha value is -1.29. The molecule has 2 N–H and O–H groups in total. The van der Waals surface area contributed by atoms with Crippen molar-refractivity contribution in [3.63, 3.8) is 0 Å². The molecule has 0 aromatic rings. The first-order chi connectivity index (χ1) is 42.9. The van der Waals surface area contributed by atoms with Gasteiger partial charge in [-0.15, -0.1) is 0 Å². The van der Waals surface area contributed by atoms with Gasteiger partial charge in [-0.25, -0.2) is 0 Å². The van der Waals surface area contributed by atoms with Gasteiger partial charge in [0.1, 0.15) is 79.4 Å². The molecule has 8 unspecified atom stereocenters. The van der Waals surface area contributed by atoms with E-state index in [1.165, 1.54) is 6.92 Å². The topological polar surface area (TPSA) is 224 Å². The maximum absolute atomic E-state index is 13.4. The van der Waals surface area contributed by atoms with E-state index < -0.39 is 123 Å². The van der Waals surface area contributed by atoms with E-state index in [1.807, 2.05) is 6.92 Å². The summed E-state index contributed by atoms with van der Waals surface area (Å²) in [5.41, 5.74) is 0. The molecule has 20 atom stereocenters. The van der Waals surface area contributed by atoms with Gasteiger partial charge >= 0.3 is 5.97 Å². The van der Waals surface area contributed by atoms with E-state index in [-0.39, 0.29) is 39.0 Å². The number of carbonyl (C=O) groups excluding carboxylic acids is 1. The third kappa shape index (κ3) is 26.8. The fraction of sp³-hybridized carbons (Fsp3) is 0.985. The van der Waals surface area contributed by atoms with Gasteiger partial charge in [-0.3, -0.25) is 4.79 Å². The lowest BCUT2D eigenvalue weighted by Crippen LogP contribution is -2.68. The normalized spacial score (nSPS) is 32.8. The first kappa shape index (κ1) is 79.1. The van der Waals surface area contributed by atoms with Crippen molar-refractivity contribution in [2.75, 3.05) is 92.5 Å². The third-order valence-corrected chi connectivity index (χ3v) is 16.5. The van der Waals surface area contributed by atoms with Gasteiger partial charge in [-0.1, -0.05) is 140 Å². The smallest absolute Gasteiger partial charge is 0.303 e. The summed E-state index contributed by atoms with van der Waals surface area (Å²) in [5.74, 6) is -0.905. The van der Waals surface area contributed by atoms with Crippen LogP contribution in [0.2, 0.25) is 0 Å². The molecule has 0 radical (unpaired) electrons. The molecule has 21 heteroatoms. The molecule has 0 aromatic heterocycles. The zero-order chi connectivity index (χ0) is 63.9. The molecule has 4 aliphatic rings. The molecule has 21 nitrogen and oxygen atoms in total. The van der Waals surface area contributed by atoms with Gasteiger partial charge in [-0.05, 0) is 64.2 Å². The number of carbonyl (C=O) groups is 1. The van der Waals surface area contributed by atoms with E-state index in [9.17, 15) is 15.0 Å². The predicted molar refractivity (Wildman–Crippen MR) is 333 cm³/mol. The van der Waals surface area contributed by atoms with Crippen molar-refractivity contribution in [3.05, 3.63) is 0 Å². The number of hydrogen-bond donors (Lipinski definition) is 2. The number of hydrogen-bond acceptors (Lipinski definition) is 21. The van der Waals surface area contributed by atoms with Crippen molar-refractivity contribution >= 4 is 5.97 Å². The van der Waals surface area contributed by atoms with Gasteiger partial charge in [-0.2, -0.15) is 0 Å². The van der Waals surface area contributed by atoms with E-state index in [4.69, 9.17) is 85.3 Å². The van der Waals surface area contributed by atoms with Crippen molar-refractivity contribution in [1.29, 1.82) is 0 Å². The fourth-order valence-corrected chi connectivity index (χ4v) is 11.0. The van der Waals surface area contributed by atoms with Gasteiger partial charge in [0.05, 0.1) is 32.5 Å². The summed E-state index contributed by atoms with van der Waals surface area (Å²) in [6.45, 7) is 28.7. The average molecular weight is 1270 g/mol. The minimum absolute atomic E-state index is 0.123. The van der Waals surface area contributed by atoms with Crippen LogP contribution in [0.1, 0.15) is 212 Å². The molecule has 4 heterocycles. The molecule has 4 fully saturated rings. The second-order valence-electron chi connectivity index (χ2n) is 24.3. The molecule has 4 aliphatic heterocycles. The summed E-state index contributed by atoms with van der Waals surface area (Å²) in [5, 5.41) is 25.5. The highest BCUT2D eigenvalue weighted by molar-refractivity contribution is 5.66. The Morgan fingerprint density at radius 3 is 1.12 bits per heavy atom. The second-order valence-corrected chi connectivity index (χ2v) is 24.3. The first-order valence-electron chi connectivity index (χ1n) is 35.0. The number of unbranched alkanes of at least 4 members (excludes halogenated alkanes) is 10. The van der Waals surface area contributed by atoms with Crippen LogP contribution in [0.25, 0.3) is 0 Å². The third-order valence-electron chi connectivity index (χ3n) is 16.5. The Morgan fingerprint density at radius 1 is 0.318 bits per heavy atom. The Labute approximate surface area is 531 Å². The quantitative estimate of drug-likeness (QED) is 0.0427. The Bertz CT molecular complexity index is 1690. The predicted octanol–water partition coefficient (Wildman–Crippen LogP) is 10.3. The molecular formula is C67H126O21. The van der Waals surface area contributed by atoms with Crippen LogP contribution >= 0.6 is 0 Å². The van der Waals surface area contributed by atoms with E-state index >= 15 is 0 Å². The zero-order valence-corrected chi connectivity index (χ0v) is 56.7. The molecule has 88 heavy (non-hydrogen) atoms. The molecule has 0 saturated carbocycles. The summed E-state index contributed by atoms with van der Waals surface area (Å²) in [7, 11) is 0. The van der Waals surface area contributed by atoms with Crippen LogP contribution in [0.5, 0.6) is 0 Å². The molecule has 0 spiro atoms. The molecule has 520 valence electrons. The second kappa shape index (κ2) is 47.6. The van der Waals surface area contributed by atoms with Gasteiger partial charge in [0.2, 0.25) is 0 Å². The SMILES string of the molecule is CCCCOCC1O[C@@H](OCCCC)[C@@H](C)C(OCCCC)[C@@H]1O[C@@H]1OC(CO[C@H]2OC(COCCCC)[C@@H](OCCCC)[C@H](OCCCC)C2O)[C@@H](O)C(O[C@@H]2OC(COCCCC)[C@H](OCCCC)C(OCCCC)[C@@H]2OC(C)=O)[C@H]1OCCCC. The summed E-state index contributed by atoms with van der Waals surface area (Å²) >= 11 is 0. The Balaban J connectivity index is 1.93. The number of esters is 1. The minimum Gasteiger partial charge on any atom is -0.454 e. The number of aliphatic hydroxyl groups is 2. The maximum Gasteiger partial charge on any atom is 0.303 e. The van der Waals surface area contributed by atoms with Crippen molar-refractivity contribution in [2.45, 2.75) is 328 Å². The van der Waals surface area contributed by atoms with Crippen LogP contribution in [-0.4, -0.2) is 225 Å². The van der Waals surface area contributed by atoms with E-state index in [0.717, 1.165) is 122 Å². The lowest BCUT2D eigenvalue weighted by Gasteiger charge is -2.51. The van der Waals surface area contributed by atoms with Crippen molar-refractivity contribution in [1.82, 2.24) is 0 Å². The lowest BCUT2D eigenvalue weighted by molar-refractivity contribution is -0.390. The summed E-state index contributed by atoms with van der Waals surface area (Å²) in [6.07, 6.45) is -2.07. The standard InChI is InChI=1S/C67H126O21/c1-13-23-33-71-43-50-56(75-37-27-17-5)59(77-39-29-19-7)54(70)65(85-50)81-46-49-53(69)60(88-67-63(82-48(12)68)61(78-40-30-20-8)57(76-38-28-18-6)51(86-67)44-72-34-24-14-2)62(79-41-31-21-9)66(83-49)87-58-52(45-73-35-25-15-3)84-64(80-42-32-22-10)47(11)55(58)74-36-26-16-4/h47,49-67,69-70H,13-46H2,1-12H3/t47-,49?,50?,51?,52?,53+,54?,55?,56+,57-,58+,59+,60?,61?,62+,63-,64+,65-,66-,67-/m0/s1. The van der Waals surface area contributed by atoms with Crippen molar-refractivity contribution in [2.24, 2.45) is 5.92 Å². The lowest BCUT2D eigenvalue weighted by atomic mass is 9.91. The number of ether oxygens (including phenoxy) is 18. The molecule has 0 amide bonds. The summed E-state index contributed by atoms with van der Waals surface area (Å²) in [6, 6.07) is 0.